The SMILES string of the molecule is CC1CC=Cn2ccnc21. The van der Waals surface area contributed by atoms with E-state index in [1.807, 2.05) is 12.4 Å². The van der Waals surface area contributed by atoms with Crippen LogP contribution in [0.2, 0.25) is 0 Å². The number of fused-ring (bicyclic) bond motifs is 1. The molecule has 1 aromatic rings. The lowest BCUT2D eigenvalue weighted by molar-refractivity contribution is 0.688. The van der Waals surface area contributed by atoms with Gasteiger partial charge in [-0.1, -0.05) is 13.0 Å². The van der Waals surface area contributed by atoms with Crippen molar-refractivity contribution in [2.24, 2.45) is 0 Å². The quantitative estimate of drug-likeness (QED) is 0.529. The first-order valence-electron chi connectivity index (χ1n) is 3.57. The Bertz CT molecular complexity index is 260. The maximum absolute atomic E-state index is 4.25. The number of hydrogen-bond donors (Lipinski definition) is 0. The lowest BCUT2D eigenvalue weighted by Crippen LogP contribution is -2.04. The molecule has 2 heterocycles. The van der Waals surface area contributed by atoms with E-state index < -0.39 is 0 Å². The van der Waals surface area contributed by atoms with Gasteiger partial charge < -0.3 is 4.57 Å². The van der Waals surface area contributed by atoms with Gasteiger partial charge in [0, 0.05) is 24.5 Å². The molecular weight excluding hydrogens is 124 g/mol. The van der Waals surface area contributed by atoms with E-state index in [4.69, 9.17) is 0 Å². The molecule has 1 unspecified atom stereocenters. The van der Waals surface area contributed by atoms with Crippen molar-refractivity contribution in [3.63, 3.8) is 0 Å². The molecule has 10 heavy (non-hydrogen) atoms. The van der Waals surface area contributed by atoms with Gasteiger partial charge in [0.05, 0.1) is 0 Å². The summed E-state index contributed by atoms with van der Waals surface area (Å²) in [6.45, 7) is 2.20. The van der Waals surface area contributed by atoms with Gasteiger partial charge in [0.1, 0.15) is 5.82 Å². The fourth-order valence-electron chi connectivity index (χ4n) is 1.32. The third kappa shape index (κ3) is 0.685. The Morgan fingerprint density at radius 1 is 1.70 bits per heavy atom. The van der Waals surface area contributed by atoms with Crippen LogP contribution in [0.3, 0.4) is 0 Å². The number of rotatable bonds is 0. The highest BCUT2D eigenvalue weighted by atomic mass is 15.1. The molecule has 0 bridgehead atoms. The molecule has 0 saturated heterocycles. The summed E-state index contributed by atoms with van der Waals surface area (Å²) >= 11 is 0. The maximum Gasteiger partial charge on any atom is 0.115 e. The third-order valence-corrected chi connectivity index (χ3v) is 1.90. The molecule has 0 saturated carbocycles. The maximum atomic E-state index is 4.25. The van der Waals surface area contributed by atoms with Crippen molar-refractivity contribution in [2.45, 2.75) is 19.3 Å². The predicted octanol–water partition coefficient (Wildman–Crippen LogP) is 1.86. The topological polar surface area (TPSA) is 17.8 Å². The summed E-state index contributed by atoms with van der Waals surface area (Å²) in [7, 11) is 0. The zero-order valence-corrected chi connectivity index (χ0v) is 5.99. The van der Waals surface area contributed by atoms with Crippen LogP contribution in [0.4, 0.5) is 0 Å². The number of allylic oxidation sites excluding steroid dienone is 1. The van der Waals surface area contributed by atoms with Crippen LogP contribution in [-0.4, -0.2) is 9.55 Å². The smallest absolute Gasteiger partial charge is 0.115 e. The van der Waals surface area contributed by atoms with Crippen molar-refractivity contribution >= 4 is 6.20 Å². The van der Waals surface area contributed by atoms with E-state index >= 15 is 0 Å². The molecule has 0 amide bonds. The minimum absolute atomic E-state index is 0.583. The van der Waals surface area contributed by atoms with Crippen molar-refractivity contribution in [3.8, 4) is 0 Å². The predicted molar refractivity (Wildman–Crippen MR) is 40.6 cm³/mol. The molecule has 2 heteroatoms. The highest BCUT2D eigenvalue weighted by Gasteiger charge is 2.11. The fourth-order valence-corrected chi connectivity index (χ4v) is 1.32. The monoisotopic (exact) mass is 134 g/mol. The molecule has 0 aliphatic carbocycles. The minimum Gasteiger partial charge on any atom is -0.311 e. The molecule has 0 radical (unpaired) electrons. The van der Waals surface area contributed by atoms with E-state index in [1.54, 1.807) is 0 Å². The van der Waals surface area contributed by atoms with Gasteiger partial charge in [-0.15, -0.1) is 0 Å². The van der Waals surface area contributed by atoms with Crippen LogP contribution in [-0.2, 0) is 0 Å². The van der Waals surface area contributed by atoms with Gasteiger partial charge in [-0.25, -0.2) is 4.98 Å². The highest BCUT2D eigenvalue weighted by molar-refractivity contribution is 5.30. The molecule has 0 fully saturated rings. The Morgan fingerprint density at radius 2 is 2.60 bits per heavy atom. The Labute approximate surface area is 60.2 Å². The van der Waals surface area contributed by atoms with E-state index in [2.05, 4.69) is 28.8 Å². The summed E-state index contributed by atoms with van der Waals surface area (Å²) in [6.07, 6.45) is 9.21. The lowest BCUT2D eigenvalue weighted by Gasteiger charge is -2.13. The van der Waals surface area contributed by atoms with Crippen LogP contribution in [0.25, 0.3) is 6.20 Å². The van der Waals surface area contributed by atoms with Crippen LogP contribution in [0, 0.1) is 0 Å². The Hall–Kier alpha value is -1.05. The zero-order valence-electron chi connectivity index (χ0n) is 5.99. The van der Waals surface area contributed by atoms with Crippen LogP contribution in [0.5, 0.6) is 0 Å². The summed E-state index contributed by atoms with van der Waals surface area (Å²) in [4.78, 5) is 4.25. The normalized spacial score (nSPS) is 22.7. The summed E-state index contributed by atoms with van der Waals surface area (Å²) in [5, 5.41) is 0. The molecule has 1 aliphatic rings. The number of aromatic nitrogens is 2. The summed E-state index contributed by atoms with van der Waals surface area (Å²) < 4.78 is 2.08. The minimum atomic E-state index is 0.583. The molecule has 2 nitrogen and oxygen atoms in total. The Balaban J connectivity index is 2.52. The number of nitrogens with zero attached hydrogens (tertiary/aromatic N) is 2. The molecule has 0 N–H and O–H groups in total. The molecule has 52 valence electrons. The molecule has 1 aliphatic heterocycles. The average molecular weight is 134 g/mol. The van der Waals surface area contributed by atoms with Gasteiger partial charge in [0.25, 0.3) is 0 Å². The van der Waals surface area contributed by atoms with E-state index in [9.17, 15) is 0 Å². The second-order valence-corrected chi connectivity index (χ2v) is 2.71. The Kier molecular flexibility index (Phi) is 1.13. The zero-order chi connectivity index (χ0) is 6.97. The van der Waals surface area contributed by atoms with E-state index in [0.717, 1.165) is 6.42 Å². The van der Waals surface area contributed by atoms with Crippen molar-refractivity contribution in [1.29, 1.82) is 0 Å². The third-order valence-electron chi connectivity index (χ3n) is 1.90. The molecule has 1 atom stereocenters. The van der Waals surface area contributed by atoms with Crippen molar-refractivity contribution in [2.75, 3.05) is 0 Å². The second kappa shape index (κ2) is 1.97. The highest BCUT2D eigenvalue weighted by Crippen LogP contribution is 2.21. The summed E-state index contributed by atoms with van der Waals surface area (Å²) in [5.74, 6) is 1.77. The van der Waals surface area contributed by atoms with Gasteiger partial charge in [-0.05, 0) is 6.42 Å². The fraction of sp³-hybridized carbons (Fsp3) is 0.375. The Morgan fingerprint density at radius 3 is 3.40 bits per heavy atom. The summed E-state index contributed by atoms with van der Waals surface area (Å²) in [5.41, 5.74) is 0. The number of hydrogen-bond acceptors (Lipinski definition) is 1. The van der Waals surface area contributed by atoms with Gasteiger partial charge in [0.2, 0.25) is 0 Å². The van der Waals surface area contributed by atoms with Crippen LogP contribution < -0.4 is 0 Å². The van der Waals surface area contributed by atoms with Crippen LogP contribution in [0.1, 0.15) is 25.1 Å². The van der Waals surface area contributed by atoms with Crippen LogP contribution in [0.15, 0.2) is 18.5 Å². The van der Waals surface area contributed by atoms with Crippen molar-refractivity contribution in [3.05, 3.63) is 24.3 Å². The van der Waals surface area contributed by atoms with E-state index in [1.165, 1.54) is 5.82 Å². The average Bonchev–Trinajstić information content (AvgIpc) is 2.36. The molecule has 0 aromatic carbocycles. The van der Waals surface area contributed by atoms with Crippen LogP contribution >= 0.6 is 0 Å². The van der Waals surface area contributed by atoms with Gasteiger partial charge in [0.15, 0.2) is 0 Å². The van der Waals surface area contributed by atoms with E-state index in [0.29, 0.717) is 5.92 Å². The molecular formula is C8H10N2. The van der Waals surface area contributed by atoms with Crippen molar-refractivity contribution in [1.82, 2.24) is 9.55 Å². The lowest BCUT2D eigenvalue weighted by atomic mass is 10.1. The first kappa shape index (κ1) is 5.71. The van der Waals surface area contributed by atoms with Crippen molar-refractivity contribution < 1.29 is 0 Å². The van der Waals surface area contributed by atoms with E-state index in [-0.39, 0.29) is 0 Å². The van der Waals surface area contributed by atoms with Gasteiger partial charge >= 0.3 is 0 Å². The number of imidazole rings is 1. The molecule has 0 spiro atoms. The second-order valence-electron chi connectivity index (χ2n) is 2.71. The van der Waals surface area contributed by atoms with Gasteiger partial charge in [-0.3, -0.25) is 0 Å². The first-order chi connectivity index (χ1) is 4.88. The molecule has 1 aromatic heterocycles. The van der Waals surface area contributed by atoms with Gasteiger partial charge in [-0.2, -0.15) is 0 Å². The first-order valence-corrected chi connectivity index (χ1v) is 3.57. The standard InChI is InChI=1S/C8H10N2/c1-7-3-2-5-10-6-4-9-8(7)10/h2,4-7H,3H2,1H3. The molecule has 2 rings (SSSR count). The summed E-state index contributed by atoms with van der Waals surface area (Å²) in [6, 6.07) is 0. The largest absolute Gasteiger partial charge is 0.311 e.